The molecular formula is C22H21N5O3. The number of nitriles is 1. The lowest BCUT2D eigenvalue weighted by molar-refractivity contribution is -0.143. The highest BCUT2D eigenvalue weighted by Gasteiger charge is 2.63. The fraction of sp³-hybridized carbons (Fsp3) is 0.409. The van der Waals surface area contributed by atoms with Gasteiger partial charge in [-0.1, -0.05) is 45.0 Å². The number of pyridine rings is 1. The molecule has 3 aliphatic rings. The number of fused-ring (bicyclic) bond motifs is 6. The molecule has 152 valence electrons. The molecule has 0 saturated carbocycles. The molecule has 5 rings (SSSR count). The Hall–Kier alpha value is -3.47. The molecule has 4 heterocycles. The van der Waals surface area contributed by atoms with Crippen molar-refractivity contribution in [2.45, 2.75) is 45.3 Å². The number of rotatable bonds is 1. The number of anilines is 1. The maximum absolute atomic E-state index is 13.4. The Labute approximate surface area is 173 Å². The molecule has 30 heavy (non-hydrogen) atoms. The van der Waals surface area contributed by atoms with Crippen LogP contribution in [-0.4, -0.2) is 57.3 Å². The van der Waals surface area contributed by atoms with Crippen LogP contribution < -0.4 is 4.90 Å². The monoisotopic (exact) mass is 403 g/mol. The first kappa shape index (κ1) is 18.6. The summed E-state index contributed by atoms with van der Waals surface area (Å²) in [6.07, 6.45) is 2.04. The van der Waals surface area contributed by atoms with Gasteiger partial charge in [-0.15, -0.1) is 0 Å². The van der Waals surface area contributed by atoms with Gasteiger partial charge >= 0.3 is 6.03 Å². The first-order valence-electron chi connectivity index (χ1n) is 9.99. The van der Waals surface area contributed by atoms with Gasteiger partial charge in [0.05, 0.1) is 24.0 Å². The fourth-order valence-corrected chi connectivity index (χ4v) is 4.99. The molecule has 3 aliphatic heterocycles. The van der Waals surface area contributed by atoms with Crippen LogP contribution >= 0.6 is 0 Å². The van der Waals surface area contributed by atoms with Crippen molar-refractivity contribution in [1.82, 2.24) is 14.8 Å². The van der Waals surface area contributed by atoms with Crippen LogP contribution in [0.3, 0.4) is 0 Å². The SMILES string of the molecule is CC(C)(C)C(=O)N1CC2CC1C1C(=O)N(c3cnc(C#N)c4ccccc34)C(=O)N21. The van der Waals surface area contributed by atoms with Crippen LogP contribution in [0.4, 0.5) is 10.5 Å². The Morgan fingerprint density at radius 2 is 1.90 bits per heavy atom. The van der Waals surface area contributed by atoms with E-state index in [0.717, 1.165) is 0 Å². The predicted molar refractivity (Wildman–Crippen MR) is 108 cm³/mol. The van der Waals surface area contributed by atoms with E-state index in [1.54, 1.807) is 34.1 Å². The second-order valence-corrected chi connectivity index (χ2v) is 9.12. The number of hydrogen-bond acceptors (Lipinski definition) is 5. The molecule has 8 nitrogen and oxygen atoms in total. The third-order valence-electron chi connectivity index (χ3n) is 6.29. The molecule has 3 unspecified atom stereocenters. The van der Waals surface area contributed by atoms with Crippen molar-refractivity contribution >= 4 is 34.3 Å². The van der Waals surface area contributed by atoms with E-state index in [1.807, 2.05) is 20.8 Å². The van der Waals surface area contributed by atoms with Crippen molar-refractivity contribution in [3.63, 3.8) is 0 Å². The number of piperazine rings is 1. The summed E-state index contributed by atoms with van der Waals surface area (Å²) in [4.78, 5) is 48.4. The van der Waals surface area contributed by atoms with E-state index >= 15 is 0 Å². The quantitative estimate of drug-likeness (QED) is 0.681. The number of nitrogens with zero attached hydrogens (tertiary/aromatic N) is 5. The molecule has 0 aliphatic carbocycles. The van der Waals surface area contributed by atoms with Gasteiger partial charge in [0.1, 0.15) is 17.8 Å². The van der Waals surface area contributed by atoms with Crippen molar-refractivity contribution in [2.24, 2.45) is 5.41 Å². The molecule has 3 atom stereocenters. The first-order chi connectivity index (χ1) is 14.2. The maximum atomic E-state index is 13.4. The van der Waals surface area contributed by atoms with Crippen LogP contribution in [0.15, 0.2) is 30.5 Å². The highest BCUT2D eigenvalue weighted by molar-refractivity contribution is 6.25. The summed E-state index contributed by atoms with van der Waals surface area (Å²) >= 11 is 0. The largest absolute Gasteiger partial charge is 0.334 e. The average molecular weight is 403 g/mol. The smallest absolute Gasteiger partial charge is 0.332 e. The summed E-state index contributed by atoms with van der Waals surface area (Å²) in [5.74, 6) is -0.339. The van der Waals surface area contributed by atoms with E-state index in [-0.39, 0.29) is 35.6 Å². The summed E-state index contributed by atoms with van der Waals surface area (Å²) < 4.78 is 0. The lowest BCUT2D eigenvalue weighted by Crippen LogP contribution is -2.56. The van der Waals surface area contributed by atoms with E-state index in [2.05, 4.69) is 11.1 Å². The van der Waals surface area contributed by atoms with Gasteiger partial charge in [0.2, 0.25) is 5.91 Å². The van der Waals surface area contributed by atoms with Gasteiger partial charge in [-0.05, 0) is 6.42 Å². The van der Waals surface area contributed by atoms with Crippen molar-refractivity contribution in [3.05, 3.63) is 36.2 Å². The Morgan fingerprint density at radius 1 is 1.20 bits per heavy atom. The Balaban J connectivity index is 1.56. The minimum atomic E-state index is -0.669. The van der Waals surface area contributed by atoms with E-state index in [0.29, 0.717) is 29.4 Å². The second-order valence-electron chi connectivity index (χ2n) is 9.12. The molecule has 1 aromatic carbocycles. The zero-order valence-corrected chi connectivity index (χ0v) is 17.0. The van der Waals surface area contributed by atoms with Gasteiger partial charge in [-0.2, -0.15) is 5.26 Å². The van der Waals surface area contributed by atoms with E-state index in [9.17, 15) is 19.6 Å². The zero-order valence-electron chi connectivity index (χ0n) is 17.0. The van der Waals surface area contributed by atoms with Gasteiger partial charge in [0, 0.05) is 22.7 Å². The van der Waals surface area contributed by atoms with Crippen LogP contribution in [0.25, 0.3) is 10.8 Å². The second kappa shape index (κ2) is 6.02. The number of imide groups is 1. The van der Waals surface area contributed by atoms with Gasteiger partial charge in [-0.3, -0.25) is 9.59 Å². The highest BCUT2D eigenvalue weighted by atomic mass is 16.2. The van der Waals surface area contributed by atoms with Gasteiger partial charge in [0.15, 0.2) is 0 Å². The predicted octanol–water partition coefficient (Wildman–Crippen LogP) is 2.27. The van der Waals surface area contributed by atoms with Gasteiger partial charge in [-0.25, -0.2) is 14.7 Å². The van der Waals surface area contributed by atoms with Gasteiger partial charge < -0.3 is 9.80 Å². The molecule has 2 bridgehead atoms. The number of carbonyl (C=O) groups is 3. The molecule has 1 aromatic heterocycles. The molecule has 0 N–H and O–H groups in total. The topological polar surface area (TPSA) is 97.6 Å². The minimum Gasteiger partial charge on any atom is -0.334 e. The lowest BCUT2D eigenvalue weighted by Gasteiger charge is -2.37. The van der Waals surface area contributed by atoms with Crippen molar-refractivity contribution < 1.29 is 14.4 Å². The average Bonchev–Trinajstić information content (AvgIpc) is 3.37. The van der Waals surface area contributed by atoms with Crippen molar-refractivity contribution in [2.75, 3.05) is 11.4 Å². The summed E-state index contributed by atoms with van der Waals surface area (Å²) in [6, 6.07) is 7.66. The molecule has 2 aromatic rings. The van der Waals surface area contributed by atoms with Crippen LogP contribution in [0, 0.1) is 16.7 Å². The fourth-order valence-electron chi connectivity index (χ4n) is 4.99. The summed E-state index contributed by atoms with van der Waals surface area (Å²) in [7, 11) is 0. The Kier molecular flexibility index (Phi) is 3.72. The number of carbonyl (C=O) groups excluding carboxylic acids is 3. The lowest BCUT2D eigenvalue weighted by atomic mass is 9.93. The van der Waals surface area contributed by atoms with E-state index < -0.39 is 11.5 Å². The van der Waals surface area contributed by atoms with Crippen LogP contribution in [0.5, 0.6) is 0 Å². The number of amides is 4. The first-order valence-corrected chi connectivity index (χ1v) is 9.99. The number of urea groups is 1. The third-order valence-corrected chi connectivity index (χ3v) is 6.29. The zero-order chi connectivity index (χ0) is 21.4. The number of benzene rings is 1. The molecule has 0 spiro atoms. The standard InChI is InChI=1S/C22H21N5O3/c1-22(2,3)20(29)25-11-12-8-16(25)18-19(28)27(21(30)26(12)18)17-10-24-15(9-23)13-6-4-5-7-14(13)17/h4-7,10,12,16,18H,8,11H2,1-3H3. The third kappa shape index (κ3) is 2.32. The van der Waals surface area contributed by atoms with Gasteiger partial charge in [0.25, 0.3) is 5.91 Å². The Morgan fingerprint density at radius 3 is 2.57 bits per heavy atom. The van der Waals surface area contributed by atoms with Crippen LogP contribution in [0.2, 0.25) is 0 Å². The molecule has 4 amide bonds. The Bertz CT molecular complexity index is 1160. The molecule has 0 radical (unpaired) electrons. The summed E-state index contributed by atoms with van der Waals surface area (Å²) in [6.45, 7) is 6.04. The number of likely N-dealkylation sites (tertiary alicyclic amines) is 1. The van der Waals surface area contributed by atoms with Crippen LogP contribution in [0.1, 0.15) is 32.9 Å². The maximum Gasteiger partial charge on any atom is 0.332 e. The van der Waals surface area contributed by atoms with E-state index in [4.69, 9.17) is 0 Å². The van der Waals surface area contributed by atoms with Crippen molar-refractivity contribution in [1.29, 1.82) is 5.26 Å². The van der Waals surface area contributed by atoms with E-state index in [1.165, 1.54) is 11.1 Å². The molecular weight excluding hydrogens is 382 g/mol. The minimum absolute atomic E-state index is 0.00108. The summed E-state index contributed by atoms with van der Waals surface area (Å²) in [5.41, 5.74) is 0.0755. The number of hydrogen-bond donors (Lipinski definition) is 0. The molecule has 3 fully saturated rings. The normalized spacial score (nSPS) is 25.3. The highest BCUT2D eigenvalue weighted by Crippen LogP contribution is 2.44. The molecule has 8 heteroatoms. The molecule has 3 saturated heterocycles. The van der Waals surface area contributed by atoms with Crippen molar-refractivity contribution in [3.8, 4) is 6.07 Å². The summed E-state index contributed by atoms with van der Waals surface area (Å²) in [5, 5.41) is 10.6. The number of aromatic nitrogens is 1. The van der Waals surface area contributed by atoms with Crippen LogP contribution in [-0.2, 0) is 9.59 Å².